The molecule has 0 atom stereocenters. The fourth-order valence-electron chi connectivity index (χ4n) is 2.77. The molecule has 0 spiro atoms. The van der Waals surface area contributed by atoms with Gasteiger partial charge in [0.15, 0.2) is 0 Å². The second kappa shape index (κ2) is 7.48. The normalized spacial score (nSPS) is 12.1. The van der Waals surface area contributed by atoms with Crippen LogP contribution in [0, 0.1) is 10.8 Å². The highest BCUT2D eigenvalue weighted by Crippen LogP contribution is 2.25. The maximum Gasteiger partial charge on any atom is 0.224 e. The number of anilines is 2. The lowest BCUT2D eigenvalue weighted by molar-refractivity contribution is -0.118. The summed E-state index contributed by atoms with van der Waals surface area (Å²) in [7, 11) is 0. The Balaban J connectivity index is 2.10. The first-order chi connectivity index (χ1) is 11.9. The van der Waals surface area contributed by atoms with Gasteiger partial charge in [-0.15, -0.1) is 0 Å². The van der Waals surface area contributed by atoms with Gasteiger partial charge in [-0.05, 0) is 45.9 Å². The quantitative estimate of drug-likeness (QED) is 0.752. The zero-order chi connectivity index (χ0) is 19.5. The lowest BCUT2D eigenvalue weighted by Gasteiger charge is -2.18. The molecule has 0 radical (unpaired) electrons. The number of benzene rings is 2. The van der Waals surface area contributed by atoms with E-state index < -0.39 is 0 Å². The van der Waals surface area contributed by atoms with E-state index in [2.05, 4.69) is 10.6 Å². The average Bonchev–Trinajstić information content (AvgIpc) is 2.43. The standard InChI is InChI=1S/C22H30N2O2/c1-21(2,3)13-19(25)23-17-9-7-16-12-18(10-8-15(16)11-17)24-20(26)14-22(4,5)6/h7-12H,13-14H2,1-6H3,(H,23,25)(H,24,26). The minimum atomic E-state index is -0.0406. The molecule has 2 amide bonds. The SMILES string of the molecule is CC(C)(C)CC(=O)Nc1ccc2cc(NC(=O)CC(C)(C)C)ccc2c1. The van der Waals surface area contributed by atoms with Gasteiger partial charge in [0.1, 0.15) is 0 Å². The predicted octanol–water partition coefficient (Wildman–Crippen LogP) is 5.59. The predicted molar refractivity (Wildman–Crippen MR) is 109 cm³/mol. The third-order valence-corrected chi connectivity index (χ3v) is 3.79. The molecule has 0 aliphatic heterocycles. The van der Waals surface area contributed by atoms with Gasteiger partial charge in [0.25, 0.3) is 0 Å². The van der Waals surface area contributed by atoms with Gasteiger partial charge < -0.3 is 10.6 Å². The van der Waals surface area contributed by atoms with Crippen LogP contribution < -0.4 is 10.6 Å². The molecule has 140 valence electrons. The van der Waals surface area contributed by atoms with E-state index in [0.29, 0.717) is 12.8 Å². The van der Waals surface area contributed by atoms with Crippen LogP contribution in [0.5, 0.6) is 0 Å². The molecule has 4 nitrogen and oxygen atoms in total. The fraction of sp³-hybridized carbons (Fsp3) is 0.455. The zero-order valence-electron chi connectivity index (χ0n) is 16.7. The van der Waals surface area contributed by atoms with Crippen LogP contribution in [0.25, 0.3) is 10.8 Å². The number of rotatable bonds is 4. The molecule has 0 aliphatic carbocycles. The van der Waals surface area contributed by atoms with Crippen molar-refractivity contribution in [1.29, 1.82) is 0 Å². The van der Waals surface area contributed by atoms with Crippen LogP contribution in [0.4, 0.5) is 11.4 Å². The topological polar surface area (TPSA) is 58.2 Å². The molecular formula is C22H30N2O2. The van der Waals surface area contributed by atoms with Gasteiger partial charge in [-0.2, -0.15) is 0 Å². The van der Waals surface area contributed by atoms with Crippen molar-refractivity contribution in [2.24, 2.45) is 10.8 Å². The third kappa shape index (κ3) is 6.51. The number of carbonyl (C=O) groups is 2. The smallest absolute Gasteiger partial charge is 0.224 e. The Morgan fingerprint density at radius 2 is 1.04 bits per heavy atom. The molecule has 0 saturated carbocycles. The molecule has 0 heterocycles. The van der Waals surface area contributed by atoms with Crippen LogP contribution in [-0.4, -0.2) is 11.8 Å². The maximum absolute atomic E-state index is 12.1. The van der Waals surface area contributed by atoms with E-state index in [1.807, 2.05) is 77.9 Å². The summed E-state index contributed by atoms with van der Waals surface area (Å²) in [6, 6.07) is 11.6. The lowest BCUT2D eigenvalue weighted by Crippen LogP contribution is -2.19. The molecule has 0 unspecified atom stereocenters. The van der Waals surface area contributed by atoms with Crippen LogP contribution in [0.2, 0.25) is 0 Å². The molecule has 2 N–H and O–H groups in total. The van der Waals surface area contributed by atoms with E-state index >= 15 is 0 Å². The molecule has 2 aromatic carbocycles. The Labute approximate surface area is 156 Å². The van der Waals surface area contributed by atoms with Crippen LogP contribution in [-0.2, 0) is 9.59 Å². The van der Waals surface area contributed by atoms with E-state index in [0.717, 1.165) is 22.1 Å². The van der Waals surface area contributed by atoms with Crippen molar-refractivity contribution in [2.45, 2.75) is 54.4 Å². The second-order valence-electron chi connectivity index (χ2n) is 9.35. The van der Waals surface area contributed by atoms with Crippen molar-refractivity contribution in [3.05, 3.63) is 36.4 Å². The van der Waals surface area contributed by atoms with Gasteiger partial charge in [-0.25, -0.2) is 0 Å². The molecule has 4 heteroatoms. The van der Waals surface area contributed by atoms with Crippen LogP contribution in [0.3, 0.4) is 0 Å². The summed E-state index contributed by atoms with van der Waals surface area (Å²) in [6.45, 7) is 12.3. The summed E-state index contributed by atoms with van der Waals surface area (Å²) in [5, 5.41) is 7.95. The highest BCUT2D eigenvalue weighted by atomic mass is 16.2. The first-order valence-electron chi connectivity index (χ1n) is 9.05. The van der Waals surface area contributed by atoms with Gasteiger partial charge in [0.05, 0.1) is 0 Å². The van der Waals surface area contributed by atoms with Crippen molar-refractivity contribution >= 4 is 34.0 Å². The Bertz CT molecular complexity index is 742. The fourth-order valence-corrected chi connectivity index (χ4v) is 2.77. The van der Waals surface area contributed by atoms with E-state index in [-0.39, 0.29) is 22.6 Å². The summed E-state index contributed by atoms with van der Waals surface area (Å²) in [4.78, 5) is 24.2. The Morgan fingerprint density at radius 1 is 0.692 bits per heavy atom. The van der Waals surface area contributed by atoms with Gasteiger partial charge in [0.2, 0.25) is 11.8 Å². The van der Waals surface area contributed by atoms with Crippen LogP contribution >= 0.6 is 0 Å². The second-order valence-corrected chi connectivity index (χ2v) is 9.35. The van der Waals surface area contributed by atoms with E-state index in [1.165, 1.54) is 0 Å². The van der Waals surface area contributed by atoms with Gasteiger partial charge in [0, 0.05) is 24.2 Å². The van der Waals surface area contributed by atoms with Crippen molar-refractivity contribution in [1.82, 2.24) is 0 Å². The van der Waals surface area contributed by atoms with Crippen molar-refractivity contribution in [3.63, 3.8) is 0 Å². The summed E-state index contributed by atoms with van der Waals surface area (Å²) in [6.07, 6.45) is 0.952. The molecule has 0 fully saturated rings. The first-order valence-corrected chi connectivity index (χ1v) is 9.05. The molecule has 0 aliphatic rings. The zero-order valence-corrected chi connectivity index (χ0v) is 16.7. The van der Waals surface area contributed by atoms with E-state index in [1.54, 1.807) is 0 Å². The highest BCUT2D eigenvalue weighted by Gasteiger charge is 2.17. The van der Waals surface area contributed by atoms with Crippen molar-refractivity contribution in [2.75, 3.05) is 10.6 Å². The maximum atomic E-state index is 12.1. The highest BCUT2D eigenvalue weighted by molar-refractivity contribution is 5.97. The number of nitrogens with one attached hydrogen (secondary N) is 2. The molecule has 0 bridgehead atoms. The summed E-state index contributed by atoms with van der Waals surface area (Å²) in [5.41, 5.74) is 1.50. The number of fused-ring (bicyclic) bond motifs is 1. The molecule has 0 saturated heterocycles. The van der Waals surface area contributed by atoms with Gasteiger partial charge in [-0.3, -0.25) is 9.59 Å². The van der Waals surface area contributed by atoms with E-state index in [9.17, 15) is 9.59 Å². The lowest BCUT2D eigenvalue weighted by atomic mass is 9.92. The molecule has 0 aromatic heterocycles. The van der Waals surface area contributed by atoms with Crippen molar-refractivity contribution in [3.8, 4) is 0 Å². The monoisotopic (exact) mass is 354 g/mol. The minimum absolute atomic E-state index is 0.0166. The molecule has 26 heavy (non-hydrogen) atoms. The van der Waals surface area contributed by atoms with Crippen molar-refractivity contribution < 1.29 is 9.59 Å². The Hall–Kier alpha value is -2.36. The number of hydrogen-bond donors (Lipinski definition) is 2. The Morgan fingerprint density at radius 3 is 1.35 bits per heavy atom. The minimum Gasteiger partial charge on any atom is -0.326 e. The largest absolute Gasteiger partial charge is 0.326 e. The Kier molecular flexibility index (Phi) is 5.74. The number of amides is 2. The summed E-state index contributed by atoms with van der Waals surface area (Å²) in [5.74, 6) is 0.0332. The number of carbonyl (C=O) groups excluding carboxylic acids is 2. The van der Waals surface area contributed by atoms with E-state index in [4.69, 9.17) is 0 Å². The van der Waals surface area contributed by atoms with Gasteiger partial charge >= 0.3 is 0 Å². The molecular weight excluding hydrogens is 324 g/mol. The number of hydrogen-bond acceptors (Lipinski definition) is 2. The van der Waals surface area contributed by atoms with Crippen LogP contribution in [0.15, 0.2) is 36.4 Å². The van der Waals surface area contributed by atoms with Gasteiger partial charge in [-0.1, -0.05) is 53.7 Å². The average molecular weight is 354 g/mol. The molecule has 2 aromatic rings. The third-order valence-electron chi connectivity index (χ3n) is 3.79. The summed E-state index contributed by atoms with van der Waals surface area (Å²) >= 11 is 0. The summed E-state index contributed by atoms with van der Waals surface area (Å²) < 4.78 is 0. The van der Waals surface area contributed by atoms with Crippen LogP contribution in [0.1, 0.15) is 54.4 Å². The first kappa shape index (κ1) is 20.0. The molecule has 2 rings (SSSR count).